The zero-order chi connectivity index (χ0) is 18.1. The maximum atomic E-state index is 12.4. The van der Waals surface area contributed by atoms with Gasteiger partial charge in [0.1, 0.15) is 17.3 Å². The number of sulfone groups is 1. The van der Waals surface area contributed by atoms with Gasteiger partial charge >= 0.3 is 0 Å². The van der Waals surface area contributed by atoms with Crippen molar-refractivity contribution >= 4 is 21.6 Å². The van der Waals surface area contributed by atoms with Crippen LogP contribution in [-0.4, -0.2) is 53.9 Å². The summed E-state index contributed by atoms with van der Waals surface area (Å²) < 4.78 is 23.5. The molecule has 0 radical (unpaired) electrons. The van der Waals surface area contributed by atoms with Gasteiger partial charge in [0.25, 0.3) is 5.91 Å². The van der Waals surface area contributed by atoms with Crippen molar-refractivity contribution in [3.8, 4) is 0 Å². The summed E-state index contributed by atoms with van der Waals surface area (Å²) in [6, 6.07) is 1.54. The van der Waals surface area contributed by atoms with Gasteiger partial charge in [-0.2, -0.15) is 0 Å². The lowest BCUT2D eigenvalue weighted by Gasteiger charge is -2.28. The SMILES string of the molecule is CCN(c1cc(C(=O)NC(C)(C)C)nc(C)n1)C1CCS(=O)(=O)C1. The quantitative estimate of drug-likeness (QED) is 0.877. The van der Waals surface area contributed by atoms with E-state index in [1.807, 2.05) is 32.6 Å². The first-order chi connectivity index (χ1) is 11.0. The Kier molecular flexibility index (Phi) is 5.17. The Morgan fingerprint density at radius 1 is 1.38 bits per heavy atom. The second kappa shape index (κ2) is 6.66. The van der Waals surface area contributed by atoms with Gasteiger partial charge < -0.3 is 10.2 Å². The lowest BCUT2D eigenvalue weighted by atomic mass is 10.1. The Labute approximate surface area is 143 Å². The largest absolute Gasteiger partial charge is 0.353 e. The molecule has 8 heteroatoms. The van der Waals surface area contributed by atoms with Crippen molar-refractivity contribution in [1.82, 2.24) is 15.3 Å². The van der Waals surface area contributed by atoms with Gasteiger partial charge in [-0.1, -0.05) is 0 Å². The first-order valence-corrected chi connectivity index (χ1v) is 9.98. The molecule has 1 N–H and O–H groups in total. The Morgan fingerprint density at radius 3 is 2.54 bits per heavy atom. The van der Waals surface area contributed by atoms with Gasteiger partial charge in [0, 0.05) is 24.2 Å². The van der Waals surface area contributed by atoms with E-state index in [1.165, 1.54) is 0 Å². The molecule has 1 aromatic heterocycles. The summed E-state index contributed by atoms with van der Waals surface area (Å²) in [4.78, 5) is 23.0. The van der Waals surface area contributed by atoms with Crippen LogP contribution in [0.1, 0.15) is 50.4 Å². The van der Waals surface area contributed by atoms with E-state index in [-0.39, 0.29) is 29.0 Å². The number of aromatic nitrogens is 2. The molecular weight excluding hydrogens is 328 g/mol. The monoisotopic (exact) mass is 354 g/mol. The Bertz CT molecular complexity index is 725. The average molecular weight is 354 g/mol. The van der Waals surface area contributed by atoms with Crippen LogP contribution in [0.15, 0.2) is 6.07 Å². The first kappa shape index (κ1) is 18.6. The van der Waals surface area contributed by atoms with E-state index in [9.17, 15) is 13.2 Å². The summed E-state index contributed by atoms with van der Waals surface area (Å²) in [5.74, 6) is 1.17. The number of hydrogen-bond acceptors (Lipinski definition) is 6. The number of anilines is 1. The summed E-state index contributed by atoms with van der Waals surface area (Å²) >= 11 is 0. The predicted octanol–water partition coefficient (Wildman–Crippen LogP) is 1.33. The van der Waals surface area contributed by atoms with Crippen LogP contribution in [0, 0.1) is 6.92 Å². The van der Waals surface area contributed by atoms with E-state index < -0.39 is 9.84 Å². The van der Waals surface area contributed by atoms with Crippen LogP contribution in [0.25, 0.3) is 0 Å². The molecule has 7 nitrogen and oxygen atoms in total. The standard InChI is InChI=1S/C16H26N4O3S/c1-6-20(12-7-8-24(22,23)10-12)14-9-13(17-11(2)18-14)15(21)19-16(3,4)5/h9,12H,6-8,10H2,1-5H3,(H,19,21). The number of carbonyl (C=O) groups excluding carboxylic acids is 1. The molecule has 0 saturated carbocycles. The number of rotatable bonds is 4. The van der Waals surface area contributed by atoms with Gasteiger partial charge in [0.15, 0.2) is 9.84 Å². The Hall–Kier alpha value is -1.70. The molecule has 1 aliphatic heterocycles. The van der Waals surface area contributed by atoms with E-state index in [0.717, 1.165) is 0 Å². The fourth-order valence-corrected chi connectivity index (χ4v) is 4.58. The molecule has 0 bridgehead atoms. The molecule has 24 heavy (non-hydrogen) atoms. The second-order valence-corrected chi connectivity index (χ2v) is 9.43. The zero-order valence-corrected chi connectivity index (χ0v) is 15.8. The number of nitrogens with one attached hydrogen (secondary N) is 1. The molecule has 1 saturated heterocycles. The Balaban J connectivity index is 2.31. The van der Waals surface area contributed by atoms with Crippen molar-refractivity contribution in [2.45, 2.75) is 52.6 Å². The molecule has 2 rings (SSSR count). The smallest absolute Gasteiger partial charge is 0.270 e. The van der Waals surface area contributed by atoms with Crippen molar-refractivity contribution < 1.29 is 13.2 Å². The topological polar surface area (TPSA) is 92.3 Å². The van der Waals surface area contributed by atoms with Gasteiger partial charge in [-0.15, -0.1) is 0 Å². The second-order valence-electron chi connectivity index (χ2n) is 7.21. The predicted molar refractivity (Wildman–Crippen MR) is 94.1 cm³/mol. The highest BCUT2D eigenvalue weighted by molar-refractivity contribution is 7.91. The first-order valence-electron chi connectivity index (χ1n) is 8.16. The highest BCUT2D eigenvalue weighted by Gasteiger charge is 2.32. The third kappa shape index (κ3) is 4.66. The highest BCUT2D eigenvalue weighted by atomic mass is 32.2. The van der Waals surface area contributed by atoms with E-state index in [2.05, 4.69) is 15.3 Å². The summed E-state index contributed by atoms with van der Waals surface area (Å²) in [5.41, 5.74) is -0.0631. The van der Waals surface area contributed by atoms with Crippen LogP contribution in [0.4, 0.5) is 5.82 Å². The molecule has 1 atom stereocenters. The van der Waals surface area contributed by atoms with Gasteiger partial charge in [-0.05, 0) is 41.0 Å². The van der Waals surface area contributed by atoms with Crippen molar-refractivity contribution in [3.63, 3.8) is 0 Å². The fourth-order valence-electron chi connectivity index (χ4n) is 2.85. The zero-order valence-electron chi connectivity index (χ0n) is 15.0. The normalized spacial score (nSPS) is 20.0. The molecule has 0 spiro atoms. The maximum Gasteiger partial charge on any atom is 0.270 e. The average Bonchev–Trinajstić information content (AvgIpc) is 2.77. The van der Waals surface area contributed by atoms with Gasteiger partial charge in [-0.25, -0.2) is 18.4 Å². The third-order valence-corrected chi connectivity index (χ3v) is 5.58. The van der Waals surface area contributed by atoms with Gasteiger partial charge in [-0.3, -0.25) is 4.79 Å². The highest BCUT2D eigenvalue weighted by Crippen LogP contribution is 2.23. The van der Waals surface area contributed by atoms with Crippen molar-refractivity contribution in [1.29, 1.82) is 0 Å². The number of carbonyl (C=O) groups is 1. The van der Waals surface area contributed by atoms with Gasteiger partial charge in [0.05, 0.1) is 11.5 Å². The Morgan fingerprint density at radius 2 is 2.04 bits per heavy atom. The molecule has 2 heterocycles. The van der Waals surface area contributed by atoms with E-state index in [4.69, 9.17) is 0 Å². The molecular formula is C16H26N4O3S. The number of aryl methyl sites for hydroxylation is 1. The van der Waals surface area contributed by atoms with Crippen molar-refractivity contribution in [3.05, 3.63) is 17.6 Å². The molecule has 0 aliphatic carbocycles. The number of amides is 1. The van der Waals surface area contributed by atoms with Gasteiger partial charge in [0.2, 0.25) is 0 Å². The molecule has 0 aromatic carbocycles. The summed E-state index contributed by atoms with van der Waals surface area (Å²) in [7, 11) is -2.98. The lowest BCUT2D eigenvalue weighted by molar-refractivity contribution is 0.0914. The summed E-state index contributed by atoms with van der Waals surface area (Å²) in [5, 5.41) is 2.89. The minimum atomic E-state index is -2.98. The number of nitrogens with zero attached hydrogens (tertiary/aromatic N) is 3. The molecule has 1 aliphatic rings. The fraction of sp³-hybridized carbons (Fsp3) is 0.688. The van der Waals surface area contributed by atoms with Crippen molar-refractivity contribution in [2.75, 3.05) is 23.0 Å². The third-order valence-electron chi connectivity index (χ3n) is 3.83. The van der Waals surface area contributed by atoms with E-state index in [0.29, 0.717) is 30.3 Å². The van der Waals surface area contributed by atoms with E-state index in [1.54, 1.807) is 13.0 Å². The van der Waals surface area contributed by atoms with Crippen LogP contribution in [0.3, 0.4) is 0 Å². The molecule has 1 aromatic rings. The van der Waals surface area contributed by atoms with Crippen molar-refractivity contribution in [2.24, 2.45) is 0 Å². The minimum absolute atomic E-state index is 0.104. The van der Waals surface area contributed by atoms with Crippen LogP contribution in [0.2, 0.25) is 0 Å². The van der Waals surface area contributed by atoms with Crippen LogP contribution < -0.4 is 10.2 Å². The minimum Gasteiger partial charge on any atom is -0.353 e. The lowest BCUT2D eigenvalue weighted by Crippen LogP contribution is -2.41. The van der Waals surface area contributed by atoms with E-state index >= 15 is 0 Å². The molecule has 134 valence electrons. The maximum absolute atomic E-state index is 12.4. The number of hydrogen-bond donors (Lipinski definition) is 1. The van der Waals surface area contributed by atoms with Crippen LogP contribution in [0.5, 0.6) is 0 Å². The molecule has 1 fully saturated rings. The molecule has 1 amide bonds. The summed E-state index contributed by atoms with van der Waals surface area (Å²) in [6.45, 7) is 10.0. The van der Waals surface area contributed by atoms with Crippen LogP contribution >= 0.6 is 0 Å². The molecule has 1 unspecified atom stereocenters. The summed E-state index contributed by atoms with van der Waals surface area (Å²) in [6.07, 6.45) is 0.586. The van der Waals surface area contributed by atoms with Crippen LogP contribution in [-0.2, 0) is 9.84 Å².